The summed E-state index contributed by atoms with van der Waals surface area (Å²) in [6, 6.07) is 11.6. The smallest absolute Gasteiger partial charge is 0.244 e. The number of amides is 2. The van der Waals surface area contributed by atoms with Gasteiger partial charge in [-0.2, -0.15) is 0 Å². The van der Waals surface area contributed by atoms with Gasteiger partial charge in [0.25, 0.3) is 0 Å². The van der Waals surface area contributed by atoms with Gasteiger partial charge in [-0.25, -0.2) is 8.42 Å². The van der Waals surface area contributed by atoms with Crippen molar-refractivity contribution in [2.24, 2.45) is 0 Å². The van der Waals surface area contributed by atoms with Gasteiger partial charge in [0.1, 0.15) is 24.1 Å². The van der Waals surface area contributed by atoms with Crippen LogP contribution in [0.3, 0.4) is 0 Å². The molecule has 0 aromatic heterocycles. The third kappa shape index (κ3) is 7.61. The van der Waals surface area contributed by atoms with E-state index in [4.69, 9.17) is 9.47 Å². The molecule has 0 spiro atoms. The molecule has 10 heteroatoms. The Morgan fingerprint density at radius 1 is 1.06 bits per heavy atom. The number of nitrogens with zero attached hydrogens (tertiary/aromatic N) is 2. The van der Waals surface area contributed by atoms with E-state index in [-0.39, 0.29) is 23.9 Å². The van der Waals surface area contributed by atoms with Crippen molar-refractivity contribution >= 4 is 27.5 Å². The number of rotatable bonds is 13. The highest BCUT2D eigenvalue weighted by Gasteiger charge is 2.32. The molecule has 198 valence electrons. The van der Waals surface area contributed by atoms with E-state index in [1.54, 1.807) is 12.1 Å². The Morgan fingerprint density at radius 2 is 1.78 bits per heavy atom. The van der Waals surface area contributed by atoms with E-state index in [0.29, 0.717) is 18.7 Å². The number of aryl methyl sites for hydroxylation is 1. The Balaban J connectivity index is 2.51. The van der Waals surface area contributed by atoms with Gasteiger partial charge in [0, 0.05) is 19.2 Å². The van der Waals surface area contributed by atoms with E-state index in [2.05, 4.69) is 5.32 Å². The number of anilines is 1. The fourth-order valence-corrected chi connectivity index (χ4v) is 4.72. The first-order valence-corrected chi connectivity index (χ1v) is 13.7. The standard InChI is InChI=1S/C26H37N3O6S/c1-7-14-27-26(31)22(8-2)28(17-20-11-9-10-19(3)15-20)25(30)18-29(36(6,32)33)23-16-21(34-4)12-13-24(23)35-5/h9-13,15-16,22H,7-8,14,17-18H2,1-6H3,(H,27,31). The lowest BCUT2D eigenvalue weighted by Gasteiger charge is -2.33. The third-order valence-corrected chi connectivity index (χ3v) is 6.83. The van der Waals surface area contributed by atoms with Crippen LogP contribution in [-0.4, -0.2) is 64.7 Å². The molecule has 0 saturated heterocycles. The molecule has 0 radical (unpaired) electrons. The van der Waals surface area contributed by atoms with E-state index in [1.165, 1.54) is 25.2 Å². The van der Waals surface area contributed by atoms with Crippen LogP contribution in [-0.2, 0) is 26.2 Å². The number of hydrogen-bond donors (Lipinski definition) is 1. The van der Waals surface area contributed by atoms with Crippen molar-refractivity contribution in [2.75, 3.05) is 37.9 Å². The number of hydrogen-bond acceptors (Lipinski definition) is 6. The van der Waals surface area contributed by atoms with Gasteiger partial charge in [-0.05, 0) is 37.5 Å². The Morgan fingerprint density at radius 3 is 2.33 bits per heavy atom. The first kappa shape index (κ1) is 29.0. The molecule has 0 aliphatic rings. The number of benzene rings is 2. The number of ether oxygens (including phenoxy) is 2. The fourth-order valence-electron chi connectivity index (χ4n) is 3.88. The molecule has 36 heavy (non-hydrogen) atoms. The summed E-state index contributed by atoms with van der Waals surface area (Å²) in [7, 11) is -1.02. The Kier molecular flexibility index (Phi) is 10.6. The topological polar surface area (TPSA) is 105 Å². The Bertz CT molecular complexity index is 1150. The van der Waals surface area contributed by atoms with Crippen molar-refractivity contribution in [3.8, 4) is 11.5 Å². The second-order valence-electron chi connectivity index (χ2n) is 8.53. The molecule has 2 aromatic rings. The average Bonchev–Trinajstić information content (AvgIpc) is 2.84. The molecule has 1 N–H and O–H groups in total. The molecule has 1 atom stereocenters. The lowest BCUT2D eigenvalue weighted by molar-refractivity contribution is -0.140. The summed E-state index contributed by atoms with van der Waals surface area (Å²) < 4.78 is 37.3. The SMILES string of the molecule is CCCNC(=O)C(CC)N(Cc1cccc(C)c1)C(=O)CN(c1cc(OC)ccc1OC)S(C)(=O)=O. The molecule has 0 bridgehead atoms. The Hall–Kier alpha value is -3.27. The average molecular weight is 520 g/mol. The van der Waals surface area contributed by atoms with Gasteiger partial charge in [-0.3, -0.25) is 13.9 Å². The normalized spacial score (nSPS) is 11.9. The van der Waals surface area contributed by atoms with Crippen LogP contribution in [0.2, 0.25) is 0 Å². The van der Waals surface area contributed by atoms with Gasteiger partial charge in [-0.1, -0.05) is 43.7 Å². The first-order chi connectivity index (χ1) is 17.0. The van der Waals surface area contributed by atoms with Crippen molar-refractivity contribution in [2.45, 2.75) is 46.2 Å². The molecular formula is C26H37N3O6S. The van der Waals surface area contributed by atoms with Crippen LogP contribution < -0.4 is 19.1 Å². The zero-order valence-electron chi connectivity index (χ0n) is 21.9. The van der Waals surface area contributed by atoms with E-state index in [0.717, 1.165) is 28.1 Å². The third-order valence-electron chi connectivity index (χ3n) is 5.70. The van der Waals surface area contributed by atoms with Crippen molar-refractivity contribution < 1.29 is 27.5 Å². The quantitative estimate of drug-likeness (QED) is 0.436. The number of carbonyl (C=O) groups excluding carboxylic acids is 2. The van der Waals surface area contributed by atoms with Crippen LogP contribution in [0.5, 0.6) is 11.5 Å². The summed E-state index contributed by atoms with van der Waals surface area (Å²) in [5.41, 5.74) is 2.03. The molecule has 2 aromatic carbocycles. The molecule has 1 unspecified atom stereocenters. The zero-order valence-corrected chi connectivity index (χ0v) is 22.7. The maximum absolute atomic E-state index is 13.8. The zero-order chi connectivity index (χ0) is 26.9. The van der Waals surface area contributed by atoms with Crippen LogP contribution in [0, 0.1) is 6.92 Å². The van der Waals surface area contributed by atoms with Gasteiger partial charge < -0.3 is 19.7 Å². The lowest BCUT2D eigenvalue weighted by atomic mass is 10.1. The minimum atomic E-state index is -3.90. The van der Waals surface area contributed by atoms with Crippen LogP contribution in [0.4, 0.5) is 5.69 Å². The van der Waals surface area contributed by atoms with Crippen molar-refractivity contribution in [3.05, 3.63) is 53.6 Å². The van der Waals surface area contributed by atoms with Gasteiger partial charge in [-0.15, -0.1) is 0 Å². The highest BCUT2D eigenvalue weighted by Crippen LogP contribution is 2.34. The molecule has 0 saturated carbocycles. The van der Waals surface area contributed by atoms with Gasteiger partial charge >= 0.3 is 0 Å². The molecule has 2 rings (SSSR count). The number of carbonyl (C=O) groups is 2. The highest BCUT2D eigenvalue weighted by molar-refractivity contribution is 7.92. The predicted molar refractivity (Wildman–Crippen MR) is 141 cm³/mol. The fraction of sp³-hybridized carbons (Fsp3) is 0.462. The second-order valence-corrected chi connectivity index (χ2v) is 10.4. The number of methoxy groups -OCH3 is 2. The summed E-state index contributed by atoms with van der Waals surface area (Å²) in [5, 5.41) is 2.86. The summed E-state index contributed by atoms with van der Waals surface area (Å²) in [5.74, 6) is -0.101. The summed E-state index contributed by atoms with van der Waals surface area (Å²) in [6.45, 7) is 5.85. The monoisotopic (exact) mass is 519 g/mol. The summed E-state index contributed by atoms with van der Waals surface area (Å²) in [4.78, 5) is 28.2. The highest BCUT2D eigenvalue weighted by atomic mass is 32.2. The van der Waals surface area contributed by atoms with Crippen LogP contribution in [0.25, 0.3) is 0 Å². The first-order valence-electron chi connectivity index (χ1n) is 11.9. The van der Waals surface area contributed by atoms with E-state index in [9.17, 15) is 18.0 Å². The number of sulfonamides is 1. The van der Waals surface area contributed by atoms with Crippen LogP contribution >= 0.6 is 0 Å². The molecule has 0 aliphatic carbocycles. The van der Waals surface area contributed by atoms with E-state index < -0.39 is 28.5 Å². The van der Waals surface area contributed by atoms with Gasteiger partial charge in [0.2, 0.25) is 21.8 Å². The number of nitrogens with one attached hydrogen (secondary N) is 1. The molecular weight excluding hydrogens is 482 g/mol. The minimum absolute atomic E-state index is 0.158. The van der Waals surface area contributed by atoms with Gasteiger partial charge in [0.15, 0.2) is 0 Å². The van der Waals surface area contributed by atoms with Gasteiger partial charge in [0.05, 0.1) is 26.2 Å². The van der Waals surface area contributed by atoms with Crippen molar-refractivity contribution in [3.63, 3.8) is 0 Å². The van der Waals surface area contributed by atoms with Crippen LogP contribution in [0.15, 0.2) is 42.5 Å². The van der Waals surface area contributed by atoms with Crippen molar-refractivity contribution in [1.82, 2.24) is 10.2 Å². The molecule has 0 aliphatic heterocycles. The minimum Gasteiger partial charge on any atom is -0.497 e. The molecule has 0 heterocycles. The van der Waals surface area contributed by atoms with Crippen molar-refractivity contribution in [1.29, 1.82) is 0 Å². The second kappa shape index (κ2) is 13.2. The molecule has 2 amide bonds. The maximum atomic E-state index is 13.8. The molecule has 9 nitrogen and oxygen atoms in total. The maximum Gasteiger partial charge on any atom is 0.244 e. The van der Waals surface area contributed by atoms with E-state index in [1.807, 2.05) is 45.0 Å². The Labute approximate surface area is 214 Å². The van der Waals surface area contributed by atoms with Crippen LogP contribution in [0.1, 0.15) is 37.8 Å². The summed E-state index contributed by atoms with van der Waals surface area (Å²) in [6.07, 6.45) is 2.15. The predicted octanol–water partition coefficient (Wildman–Crippen LogP) is 3.11. The largest absolute Gasteiger partial charge is 0.497 e. The summed E-state index contributed by atoms with van der Waals surface area (Å²) >= 11 is 0. The molecule has 0 fully saturated rings. The lowest BCUT2D eigenvalue weighted by Crippen LogP contribution is -2.52. The van der Waals surface area contributed by atoms with E-state index >= 15 is 0 Å².